The van der Waals surface area contributed by atoms with Gasteiger partial charge in [-0.15, -0.1) is 0 Å². The molecule has 18 heavy (non-hydrogen) atoms. The summed E-state index contributed by atoms with van der Waals surface area (Å²) in [5.41, 5.74) is 0. The molecule has 0 aliphatic rings. The van der Waals surface area contributed by atoms with Gasteiger partial charge in [0.05, 0.1) is 4.90 Å². The zero-order chi connectivity index (χ0) is 13.6. The molecule has 1 aromatic heterocycles. The van der Waals surface area contributed by atoms with E-state index in [-0.39, 0.29) is 11.5 Å². The Bertz CT molecular complexity index is 476. The lowest BCUT2D eigenvalue weighted by molar-refractivity contribution is 0.271. The normalized spacial score (nSPS) is 11.8. The summed E-state index contributed by atoms with van der Waals surface area (Å²) in [4.78, 5) is 4.19. The molecule has 0 aliphatic heterocycles. The average molecular weight is 273 g/mol. The first-order valence-corrected chi connectivity index (χ1v) is 7.25. The summed E-state index contributed by atoms with van der Waals surface area (Å²) in [6.07, 6.45) is 1.88. The molecule has 1 heterocycles. The molecule has 0 spiro atoms. The number of hydrogen-bond donors (Lipinski definition) is 2. The molecular weight excluding hydrogens is 254 g/mol. The van der Waals surface area contributed by atoms with Crippen LogP contribution >= 0.6 is 0 Å². The zero-order valence-electron chi connectivity index (χ0n) is 10.6. The van der Waals surface area contributed by atoms with E-state index >= 15 is 0 Å². The number of anilines is 1. The van der Waals surface area contributed by atoms with Crippen molar-refractivity contribution in [3.8, 4) is 0 Å². The van der Waals surface area contributed by atoms with Crippen molar-refractivity contribution >= 4 is 15.8 Å². The van der Waals surface area contributed by atoms with Crippen LogP contribution < -0.4 is 5.32 Å². The van der Waals surface area contributed by atoms with Crippen LogP contribution in [0.3, 0.4) is 0 Å². The lowest BCUT2D eigenvalue weighted by Gasteiger charge is -2.20. The largest absolute Gasteiger partial charge is 0.396 e. The van der Waals surface area contributed by atoms with Crippen molar-refractivity contribution in [2.75, 3.05) is 32.1 Å². The molecule has 0 bridgehead atoms. The number of sulfonamides is 1. The van der Waals surface area contributed by atoms with E-state index in [1.54, 1.807) is 14.0 Å². The Morgan fingerprint density at radius 1 is 1.50 bits per heavy atom. The van der Waals surface area contributed by atoms with Crippen molar-refractivity contribution in [2.24, 2.45) is 0 Å². The van der Waals surface area contributed by atoms with Crippen LogP contribution in [0.1, 0.15) is 13.3 Å². The van der Waals surface area contributed by atoms with E-state index < -0.39 is 10.0 Å². The van der Waals surface area contributed by atoms with Gasteiger partial charge in [-0.2, -0.15) is 4.31 Å². The first kappa shape index (κ1) is 14.9. The monoisotopic (exact) mass is 273 g/mol. The molecule has 0 saturated carbocycles. The summed E-state index contributed by atoms with van der Waals surface area (Å²) in [5, 5.41) is 11.6. The van der Waals surface area contributed by atoms with Crippen LogP contribution in [-0.2, 0) is 10.0 Å². The maximum atomic E-state index is 12.3. The molecule has 0 unspecified atom stereocenters. The number of aliphatic hydroxyl groups is 1. The van der Waals surface area contributed by atoms with Crippen molar-refractivity contribution in [2.45, 2.75) is 18.2 Å². The van der Waals surface area contributed by atoms with Crippen LogP contribution in [0.15, 0.2) is 23.2 Å². The van der Waals surface area contributed by atoms with Crippen LogP contribution in [-0.4, -0.2) is 49.6 Å². The smallest absolute Gasteiger partial charge is 0.243 e. The van der Waals surface area contributed by atoms with Gasteiger partial charge in [0, 0.05) is 39.0 Å². The average Bonchev–Trinajstić information content (AvgIpc) is 2.39. The summed E-state index contributed by atoms with van der Waals surface area (Å²) in [6, 6.07) is 2.97. The number of nitrogens with zero attached hydrogens (tertiary/aromatic N) is 2. The molecule has 0 aliphatic carbocycles. The van der Waals surface area contributed by atoms with Crippen molar-refractivity contribution < 1.29 is 13.5 Å². The van der Waals surface area contributed by atoms with Gasteiger partial charge in [-0.25, -0.2) is 13.4 Å². The van der Waals surface area contributed by atoms with E-state index in [1.165, 1.54) is 22.6 Å². The van der Waals surface area contributed by atoms with Gasteiger partial charge in [0.2, 0.25) is 10.0 Å². The number of pyridine rings is 1. The molecule has 0 radical (unpaired) electrons. The summed E-state index contributed by atoms with van der Waals surface area (Å²) in [6.45, 7) is 2.44. The van der Waals surface area contributed by atoms with Gasteiger partial charge in [0.25, 0.3) is 0 Å². The lowest BCUT2D eigenvalue weighted by Crippen LogP contribution is -2.32. The Balaban J connectivity index is 3.02. The van der Waals surface area contributed by atoms with Crippen LogP contribution in [0.5, 0.6) is 0 Å². The maximum absolute atomic E-state index is 12.3. The number of hydrogen-bond acceptors (Lipinski definition) is 5. The third-order valence-electron chi connectivity index (χ3n) is 2.54. The molecule has 0 aromatic carbocycles. The Hall–Kier alpha value is -1.18. The second kappa shape index (κ2) is 6.67. The van der Waals surface area contributed by atoms with E-state index in [0.717, 1.165) is 0 Å². The van der Waals surface area contributed by atoms with E-state index in [0.29, 0.717) is 25.3 Å². The second-order valence-electron chi connectivity index (χ2n) is 3.70. The highest BCUT2D eigenvalue weighted by Crippen LogP contribution is 2.17. The Morgan fingerprint density at radius 3 is 2.78 bits per heavy atom. The molecule has 7 heteroatoms. The van der Waals surface area contributed by atoms with Crippen LogP contribution in [0.2, 0.25) is 0 Å². The summed E-state index contributed by atoms with van der Waals surface area (Å²) >= 11 is 0. The second-order valence-corrected chi connectivity index (χ2v) is 5.64. The van der Waals surface area contributed by atoms with Crippen LogP contribution in [0.4, 0.5) is 5.82 Å². The molecule has 0 amide bonds. The van der Waals surface area contributed by atoms with Gasteiger partial charge in [-0.05, 0) is 12.5 Å². The van der Waals surface area contributed by atoms with Gasteiger partial charge in [0.1, 0.15) is 5.82 Å². The molecular formula is C11H19N3O3S. The van der Waals surface area contributed by atoms with Crippen LogP contribution in [0.25, 0.3) is 0 Å². The molecule has 0 saturated heterocycles. The van der Waals surface area contributed by atoms with Crippen molar-refractivity contribution in [3.63, 3.8) is 0 Å². The lowest BCUT2D eigenvalue weighted by atomic mass is 10.4. The molecule has 6 nitrogen and oxygen atoms in total. The minimum absolute atomic E-state index is 0.0237. The minimum Gasteiger partial charge on any atom is -0.396 e. The summed E-state index contributed by atoms with van der Waals surface area (Å²) < 4.78 is 26.0. The Kier molecular flexibility index (Phi) is 5.52. The molecule has 1 aromatic rings. The van der Waals surface area contributed by atoms with E-state index in [4.69, 9.17) is 5.11 Å². The fourth-order valence-electron chi connectivity index (χ4n) is 1.55. The summed E-state index contributed by atoms with van der Waals surface area (Å²) in [5.74, 6) is 0.509. The minimum atomic E-state index is -3.51. The van der Waals surface area contributed by atoms with Crippen molar-refractivity contribution in [1.29, 1.82) is 0 Å². The molecule has 0 atom stereocenters. The molecule has 0 fully saturated rings. The Labute approximate surface area is 108 Å². The molecule has 102 valence electrons. The summed E-state index contributed by atoms with van der Waals surface area (Å²) in [7, 11) is -1.83. The third-order valence-corrected chi connectivity index (χ3v) is 4.51. The van der Waals surface area contributed by atoms with Gasteiger partial charge < -0.3 is 10.4 Å². The van der Waals surface area contributed by atoms with Gasteiger partial charge in [0.15, 0.2) is 0 Å². The maximum Gasteiger partial charge on any atom is 0.243 e. The number of aromatic nitrogens is 1. The fourth-order valence-corrected chi connectivity index (χ4v) is 3.05. The highest BCUT2D eigenvalue weighted by atomic mass is 32.2. The van der Waals surface area contributed by atoms with Crippen molar-refractivity contribution in [3.05, 3.63) is 18.3 Å². The highest BCUT2D eigenvalue weighted by molar-refractivity contribution is 7.89. The van der Waals surface area contributed by atoms with Gasteiger partial charge in [-0.3, -0.25) is 0 Å². The number of rotatable bonds is 7. The standard InChI is InChI=1S/C11H19N3O3S/c1-3-14(7-4-8-15)18(16,17)10-5-6-13-11(9-10)12-2/h5-6,9,15H,3-4,7-8H2,1-2H3,(H,12,13). The SMILES string of the molecule is CCN(CCCO)S(=O)(=O)c1ccnc(NC)c1. The third kappa shape index (κ3) is 3.41. The van der Waals surface area contributed by atoms with Gasteiger partial charge >= 0.3 is 0 Å². The van der Waals surface area contributed by atoms with Crippen LogP contribution in [0, 0.1) is 0 Å². The first-order valence-electron chi connectivity index (χ1n) is 5.81. The Morgan fingerprint density at radius 2 is 2.22 bits per heavy atom. The first-order chi connectivity index (χ1) is 8.56. The highest BCUT2D eigenvalue weighted by Gasteiger charge is 2.22. The fraction of sp³-hybridized carbons (Fsp3) is 0.545. The van der Waals surface area contributed by atoms with Crippen molar-refractivity contribution in [1.82, 2.24) is 9.29 Å². The van der Waals surface area contributed by atoms with E-state index in [9.17, 15) is 8.42 Å². The number of nitrogens with one attached hydrogen (secondary N) is 1. The van der Waals surface area contributed by atoms with E-state index in [1.807, 2.05) is 0 Å². The topological polar surface area (TPSA) is 82.5 Å². The van der Waals surface area contributed by atoms with E-state index in [2.05, 4.69) is 10.3 Å². The quantitative estimate of drug-likeness (QED) is 0.756. The van der Waals surface area contributed by atoms with Gasteiger partial charge in [-0.1, -0.05) is 6.92 Å². The zero-order valence-corrected chi connectivity index (χ0v) is 11.4. The predicted octanol–water partition coefficient (Wildman–Crippen LogP) is 0.516. The number of aliphatic hydroxyl groups excluding tert-OH is 1. The predicted molar refractivity (Wildman–Crippen MR) is 69.9 cm³/mol. The molecule has 2 N–H and O–H groups in total. The molecule has 1 rings (SSSR count).